The number of amides is 2. The van der Waals surface area contributed by atoms with Crippen molar-refractivity contribution in [3.63, 3.8) is 0 Å². The maximum atomic E-state index is 12.5. The smallest absolute Gasteiger partial charge is 0.409 e. The van der Waals surface area contributed by atoms with Gasteiger partial charge in [0.1, 0.15) is 0 Å². The first-order chi connectivity index (χ1) is 12.2. The second-order valence-corrected chi connectivity index (χ2v) is 6.08. The van der Waals surface area contributed by atoms with E-state index in [1.807, 2.05) is 18.2 Å². The first-order valence-electron chi connectivity index (χ1n) is 8.75. The molecule has 0 atom stereocenters. The van der Waals surface area contributed by atoms with Crippen LogP contribution in [0, 0.1) is 0 Å². The Kier molecular flexibility index (Phi) is 5.63. The van der Waals surface area contributed by atoms with Gasteiger partial charge in [-0.25, -0.2) is 4.79 Å². The van der Waals surface area contributed by atoms with Crippen LogP contribution in [0.4, 0.5) is 4.79 Å². The summed E-state index contributed by atoms with van der Waals surface area (Å²) in [5.41, 5.74) is 0.905. The van der Waals surface area contributed by atoms with Crippen LogP contribution in [0.3, 0.4) is 0 Å². The van der Waals surface area contributed by atoms with Crippen molar-refractivity contribution in [3.05, 3.63) is 23.8 Å². The monoisotopic (exact) mass is 348 g/mol. The highest BCUT2D eigenvalue weighted by molar-refractivity contribution is 5.79. The van der Waals surface area contributed by atoms with Gasteiger partial charge in [0, 0.05) is 32.6 Å². The third-order valence-corrected chi connectivity index (χ3v) is 4.33. The number of carbonyl (C=O) groups is 2. The second kappa shape index (κ2) is 8.09. The Balaban J connectivity index is 1.55. The van der Waals surface area contributed by atoms with E-state index in [1.165, 1.54) is 0 Å². The first-order valence-corrected chi connectivity index (χ1v) is 8.75. The van der Waals surface area contributed by atoms with Crippen molar-refractivity contribution >= 4 is 12.0 Å². The van der Waals surface area contributed by atoms with Gasteiger partial charge in [-0.15, -0.1) is 0 Å². The van der Waals surface area contributed by atoms with E-state index in [2.05, 4.69) is 0 Å². The summed E-state index contributed by atoms with van der Waals surface area (Å²) >= 11 is 0. The molecule has 0 bridgehead atoms. The standard InChI is InChI=1S/C18H24N2O5/c1-2-23-18(22)20-8-6-19(7-9-20)17(21)13-14-4-5-15-16(12-14)25-11-3-10-24-15/h4-5,12H,2-3,6-11,13H2,1H3. The van der Waals surface area contributed by atoms with E-state index in [9.17, 15) is 9.59 Å². The van der Waals surface area contributed by atoms with Crippen LogP contribution in [-0.2, 0) is 16.0 Å². The SMILES string of the molecule is CCOC(=O)N1CCN(C(=O)Cc2ccc3c(c2)OCCCO3)CC1. The maximum Gasteiger partial charge on any atom is 0.409 e. The summed E-state index contributed by atoms with van der Waals surface area (Å²) in [4.78, 5) is 27.7. The molecule has 7 nitrogen and oxygen atoms in total. The lowest BCUT2D eigenvalue weighted by Gasteiger charge is -2.34. The van der Waals surface area contributed by atoms with Crippen LogP contribution in [0.15, 0.2) is 18.2 Å². The number of fused-ring (bicyclic) bond motifs is 1. The highest BCUT2D eigenvalue weighted by Crippen LogP contribution is 2.30. The van der Waals surface area contributed by atoms with E-state index >= 15 is 0 Å². The molecule has 0 saturated carbocycles. The highest BCUT2D eigenvalue weighted by Gasteiger charge is 2.25. The van der Waals surface area contributed by atoms with Crippen molar-refractivity contribution in [2.24, 2.45) is 0 Å². The molecular formula is C18H24N2O5. The Bertz CT molecular complexity index is 626. The van der Waals surface area contributed by atoms with Gasteiger partial charge in [-0.3, -0.25) is 4.79 Å². The van der Waals surface area contributed by atoms with Crippen molar-refractivity contribution in [1.82, 2.24) is 9.80 Å². The van der Waals surface area contributed by atoms with Crippen LogP contribution in [0.2, 0.25) is 0 Å². The van der Waals surface area contributed by atoms with Crippen LogP contribution in [0.25, 0.3) is 0 Å². The molecule has 1 aromatic carbocycles. The van der Waals surface area contributed by atoms with Crippen LogP contribution in [-0.4, -0.2) is 67.8 Å². The Morgan fingerprint density at radius 2 is 1.72 bits per heavy atom. The summed E-state index contributed by atoms with van der Waals surface area (Å²) in [6.07, 6.45) is 0.863. The summed E-state index contributed by atoms with van der Waals surface area (Å²) in [6.45, 7) is 5.49. The molecule has 0 unspecified atom stereocenters. The molecule has 0 radical (unpaired) electrons. The minimum absolute atomic E-state index is 0.0537. The summed E-state index contributed by atoms with van der Waals surface area (Å²) < 4.78 is 16.3. The molecule has 0 aliphatic carbocycles. The topological polar surface area (TPSA) is 68.3 Å². The summed E-state index contributed by atoms with van der Waals surface area (Å²) in [7, 11) is 0. The maximum absolute atomic E-state index is 12.5. The molecule has 136 valence electrons. The zero-order valence-electron chi connectivity index (χ0n) is 14.5. The van der Waals surface area contributed by atoms with Gasteiger partial charge in [-0.05, 0) is 24.6 Å². The molecule has 2 aliphatic rings. The summed E-state index contributed by atoms with van der Waals surface area (Å²) in [6, 6.07) is 5.65. The van der Waals surface area contributed by atoms with Crippen LogP contribution >= 0.6 is 0 Å². The van der Waals surface area contributed by atoms with Crippen molar-refractivity contribution < 1.29 is 23.8 Å². The highest BCUT2D eigenvalue weighted by atomic mass is 16.6. The molecule has 0 N–H and O–H groups in total. The normalized spacial score (nSPS) is 17.0. The molecule has 1 saturated heterocycles. The predicted octanol–water partition coefficient (Wildman–Crippen LogP) is 1.69. The van der Waals surface area contributed by atoms with E-state index in [4.69, 9.17) is 14.2 Å². The van der Waals surface area contributed by atoms with Gasteiger partial charge < -0.3 is 24.0 Å². The summed E-state index contributed by atoms with van der Waals surface area (Å²) in [5, 5.41) is 0. The molecule has 0 aromatic heterocycles. The molecular weight excluding hydrogens is 324 g/mol. The van der Waals surface area contributed by atoms with E-state index < -0.39 is 0 Å². The van der Waals surface area contributed by atoms with Crippen molar-refractivity contribution in [2.45, 2.75) is 19.8 Å². The number of hydrogen-bond donors (Lipinski definition) is 0. The number of ether oxygens (including phenoxy) is 3. The van der Waals surface area contributed by atoms with E-state index in [0.717, 1.165) is 17.7 Å². The zero-order valence-corrected chi connectivity index (χ0v) is 14.5. The molecule has 0 spiro atoms. The Morgan fingerprint density at radius 3 is 2.44 bits per heavy atom. The number of hydrogen-bond acceptors (Lipinski definition) is 5. The summed E-state index contributed by atoms with van der Waals surface area (Å²) in [5.74, 6) is 1.49. The third kappa shape index (κ3) is 4.35. The first kappa shape index (κ1) is 17.4. The lowest BCUT2D eigenvalue weighted by atomic mass is 10.1. The van der Waals surface area contributed by atoms with Gasteiger partial charge in [0.05, 0.1) is 26.2 Å². The molecule has 25 heavy (non-hydrogen) atoms. The average Bonchev–Trinajstić information content (AvgIpc) is 2.87. The number of benzene rings is 1. The van der Waals surface area contributed by atoms with Gasteiger partial charge >= 0.3 is 6.09 Å². The quantitative estimate of drug-likeness (QED) is 0.831. The third-order valence-electron chi connectivity index (χ3n) is 4.33. The largest absolute Gasteiger partial charge is 0.490 e. The van der Waals surface area contributed by atoms with Gasteiger partial charge in [0.2, 0.25) is 5.91 Å². The van der Waals surface area contributed by atoms with Crippen molar-refractivity contribution in [1.29, 1.82) is 0 Å². The number of carbonyl (C=O) groups excluding carboxylic acids is 2. The fraction of sp³-hybridized carbons (Fsp3) is 0.556. The lowest BCUT2D eigenvalue weighted by Crippen LogP contribution is -2.51. The average molecular weight is 348 g/mol. The minimum atomic E-state index is -0.308. The number of rotatable bonds is 3. The van der Waals surface area contributed by atoms with Crippen molar-refractivity contribution in [3.8, 4) is 11.5 Å². The fourth-order valence-corrected chi connectivity index (χ4v) is 2.96. The Labute approximate surface area is 147 Å². The molecule has 2 amide bonds. The molecule has 2 aliphatic heterocycles. The van der Waals surface area contributed by atoms with Crippen LogP contribution in [0.5, 0.6) is 11.5 Å². The van der Waals surface area contributed by atoms with Gasteiger partial charge in [0.25, 0.3) is 0 Å². The second-order valence-electron chi connectivity index (χ2n) is 6.08. The number of piperazine rings is 1. The minimum Gasteiger partial charge on any atom is -0.490 e. The van der Waals surface area contributed by atoms with Gasteiger partial charge in [-0.2, -0.15) is 0 Å². The Morgan fingerprint density at radius 1 is 1.04 bits per heavy atom. The zero-order chi connectivity index (χ0) is 17.6. The van der Waals surface area contributed by atoms with Gasteiger partial charge in [-0.1, -0.05) is 6.07 Å². The van der Waals surface area contributed by atoms with Gasteiger partial charge in [0.15, 0.2) is 11.5 Å². The predicted molar refractivity (Wildman–Crippen MR) is 90.9 cm³/mol. The molecule has 2 heterocycles. The van der Waals surface area contributed by atoms with Crippen LogP contribution < -0.4 is 9.47 Å². The molecule has 7 heteroatoms. The number of nitrogens with zero attached hydrogens (tertiary/aromatic N) is 2. The van der Waals surface area contributed by atoms with E-state index in [0.29, 0.717) is 58.2 Å². The molecule has 3 rings (SSSR count). The van der Waals surface area contributed by atoms with E-state index in [1.54, 1.807) is 16.7 Å². The lowest BCUT2D eigenvalue weighted by molar-refractivity contribution is -0.132. The fourth-order valence-electron chi connectivity index (χ4n) is 2.96. The van der Waals surface area contributed by atoms with Crippen LogP contribution in [0.1, 0.15) is 18.9 Å². The van der Waals surface area contributed by atoms with Crippen molar-refractivity contribution in [2.75, 3.05) is 46.0 Å². The Hall–Kier alpha value is -2.44. The molecule has 1 fully saturated rings. The van der Waals surface area contributed by atoms with E-state index in [-0.39, 0.29) is 12.0 Å². The molecule has 1 aromatic rings.